The Morgan fingerprint density at radius 2 is 2.11 bits per heavy atom. The van der Waals surface area contributed by atoms with Crippen LogP contribution in [0.3, 0.4) is 0 Å². The summed E-state index contributed by atoms with van der Waals surface area (Å²) in [6.07, 6.45) is 3.49. The van der Waals surface area contributed by atoms with Crippen molar-refractivity contribution < 1.29 is 4.39 Å². The maximum absolute atomic E-state index is 13.9. The van der Waals surface area contributed by atoms with E-state index < -0.39 is 0 Å². The molecule has 6 heteroatoms. The number of anilines is 1. The maximum Gasteiger partial charge on any atom is 0.181 e. The minimum Gasteiger partial charge on any atom is -0.375 e. The summed E-state index contributed by atoms with van der Waals surface area (Å²) in [6, 6.07) is 6.59. The van der Waals surface area contributed by atoms with Gasteiger partial charge in [-0.25, -0.2) is 14.4 Å². The van der Waals surface area contributed by atoms with Gasteiger partial charge in [-0.3, -0.25) is 0 Å². The Bertz CT molecular complexity index is 732. The van der Waals surface area contributed by atoms with Gasteiger partial charge in [-0.2, -0.15) is 0 Å². The van der Waals surface area contributed by atoms with Crippen LogP contribution in [0.2, 0.25) is 0 Å². The largest absolute Gasteiger partial charge is 0.375 e. The van der Waals surface area contributed by atoms with Gasteiger partial charge in [-0.1, -0.05) is 29.5 Å². The van der Waals surface area contributed by atoms with Gasteiger partial charge >= 0.3 is 0 Å². The van der Waals surface area contributed by atoms with Crippen LogP contribution in [0.4, 0.5) is 9.52 Å². The second-order valence-electron chi connectivity index (χ2n) is 4.07. The van der Waals surface area contributed by atoms with Crippen molar-refractivity contribution in [3.63, 3.8) is 0 Å². The highest BCUT2D eigenvalue weighted by Gasteiger charge is 2.18. The Morgan fingerprint density at radius 3 is 2.79 bits per heavy atom. The lowest BCUT2D eigenvalue weighted by Crippen LogP contribution is -1.94. The van der Waals surface area contributed by atoms with Crippen LogP contribution in [0, 0.1) is 5.82 Å². The Hall–Kier alpha value is -2.21. The third kappa shape index (κ3) is 2.00. The van der Waals surface area contributed by atoms with E-state index >= 15 is 0 Å². The Kier molecular flexibility index (Phi) is 2.79. The van der Waals surface area contributed by atoms with Crippen LogP contribution >= 0.6 is 11.3 Å². The molecule has 1 aromatic carbocycles. The van der Waals surface area contributed by atoms with Crippen LogP contribution in [-0.2, 0) is 7.05 Å². The van der Waals surface area contributed by atoms with E-state index in [1.807, 2.05) is 17.8 Å². The summed E-state index contributed by atoms with van der Waals surface area (Å²) < 4.78 is 15.7. The summed E-state index contributed by atoms with van der Waals surface area (Å²) >= 11 is 1.26. The number of thiazole rings is 1. The monoisotopic (exact) mass is 274 g/mol. The number of hydrogen-bond acceptors (Lipinski definition) is 4. The van der Waals surface area contributed by atoms with Gasteiger partial charge in [0, 0.05) is 25.0 Å². The predicted octanol–water partition coefficient (Wildman–Crippen LogP) is 2.93. The second-order valence-corrected chi connectivity index (χ2v) is 5.10. The van der Waals surface area contributed by atoms with Crippen LogP contribution in [0.25, 0.3) is 22.0 Å². The summed E-state index contributed by atoms with van der Waals surface area (Å²) in [4.78, 5) is 9.22. The highest BCUT2D eigenvalue weighted by atomic mass is 32.1. The molecule has 0 bridgehead atoms. The fourth-order valence-corrected chi connectivity index (χ4v) is 2.77. The van der Waals surface area contributed by atoms with Crippen molar-refractivity contribution in [2.75, 3.05) is 5.73 Å². The van der Waals surface area contributed by atoms with Crippen molar-refractivity contribution in [3.8, 4) is 22.0 Å². The molecule has 0 aliphatic heterocycles. The number of benzene rings is 1. The van der Waals surface area contributed by atoms with Crippen molar-refractivity contribution in [2.45, 2.75) is 0 Å². The molecule has 0 amide bonds. The molecule has 3 rings (SSSR count). The number of aryl methyl sites for hydroxylation is 1. The summed E-state index contributed by atoms with van der Waals surface area (Å²) in [6.45, 7) is 0. The number of imidazole rings is 1. The molecule has 0 aliphatic rings. The predicted molar refractivity (Wildman–Crippen MR) is 74.1 cm³/mol. The van der Waals surface area contributed by atoms with Crippen LogP contribution in [-0.4, -0.2) is 14.5 Å². The standard InChI is InChI=1S/C13H11FN4S/c1-18-7-6-16-12(18)10-11(19-13(15)17-10)8-4-2-3-5-9(8)14/h2-7H,1H3,(H2,15,17). The van der Waals surface area contributed by atoms with E-state index in [1.165, 1.54) is 17.4 Å². The zero-order valence-electron chi connectivity index (χ0n) is 10.2. The van der Waals surface area contributed by atoms with Crippen LogP contribution in [0.15, 0.2) is 36.7 Å². The Balaban J connectivity index is 2.24. The SMILES string of the molecule is Cn1ccnc1-c1nc(N)sc1-c1ccccc1F. The third-order valence-electron chi connectivity index (χ3n) is 2.80. The molecule has 3 aromatic rings. The van der Waals surface area contributed by atoms with E-state index in [1.54, 1.807) is 24.4 Å². The number of nitrogens with two attached hydrogens (primary N) is 1. The van der Waals surface area contributed by atoms with Crippen molar-refractivity contribution >= 4 is 16.5 Å². The molecule has 0 aliphatic carbocycles. The van der Waals surface area contributed by atoms with Crippen LogP contribution < -0.4 is 5.73 Å². The molecule has 0 saturated carbocycles. The number of aromatic nitrogens is 3. The zero-order chi connectivity index (χ0) is 13.4. The van der Waals surface area contributed by atoms with Gasteiger partial charge in [0.25, 0.3) is 0 Å². The molecule has 0 radical (unpaired) electrons. The average Bonchev–Trinajstić information content (AvgIpc) is 2.96. The quantitative estimate of drug-likeness (QED) is 0.781. The minimum atomic E-state index is -0.290. The number of rotatable bonds is 2. The lowest BCUT2D eigenvalue weighted by atomic mass is 10.1. The van der Waals surface area contributed by atoms with E-state index in [2.05, 4.69) is 9.97 Å². The fourth-order valence-electron chi connectivity index (χ4n) is 1.91. The first-order chi connectivity index (χ1) is 9.16. The van der Waals surface area contributed by atoms with Gasteiger partial charge in [0.1, 0.15) is 11.5 Å². The minimum absolute atomic E-state index is 0.290. The van der Waals surface area contributed by atoms with E-state index in [0.29, 0.717) is 27.1 Å². The van der Waals surface area contributed by atoms with Gasteiger partial charge in [-0.05, 0) is 6.07 Å². The highest BCUT2D eigenvalue weighted by molar-refractivity contribution is 7.19. The Labute approximate surface area is 113 Å². The van der Waals surface area contributed by atoms with Crippen molar-refractivity contribution in [1.82, 2.24) is 14.5 Å². The van der Waals surface area contributed by atoms with Crippen molar-refractivity contribution in [1.29, 1.82) is 0 Å². The van der Waals surface area contributed by atoms with Crippen molar-refractivity contribution in [2.24, 2.45) is 7.05 Å². The van der Waals surface area contributed by atoms with E-state index in [4.69, 9.17) is 5.73 Å². The molecule has 19 heavy (non-hydrogen) atoms. The van der Waals surface area contributed by atoms with Gasteiger partial charge in [0.05, 0.1) is 4.88 Å². The summed E-state index contributed by atoms with van der Waals surface area (Å²) in [5.74, 6) is 0.382. The average molecular weight is 274 g/mol. The normalized spacial score (nSPS) is 10.8. The number of nitrogens with zero attached hydrogens (tertiary/aromatic N) is 3. The smallest absolute Gasteiger partial charge is 0.181 e. The molecule has 0 atom stereocenters. The topological polar surface area (TPSA) is 56.7 Å². The number of hydrogen-bond donors (Lipinski definition) is 1. The molecule has 2 heterocycles. The molecule has 0 spiro atoms. The van der Waals surface area contributed by atoms with E-state index in [-0.39, 0.29) is 5.82 Å². The molecule has 2 N–H and O–H groups in total. The molecule has 0 fully saturated rings. The van der Waals surface area contributed by atoms with E-state index in [9.17, 15) is 4.39 Å². The molecular formula is C13H11FN4S. The van der Waals surface area contributed by atoms with E-state index in [0.717, 1.165) is 0 Å². The van der Waals surface area contributed by atoms with Crippen LogP contribution in [0.1, 0.15) is 0 Å². The molecule has 0 saturated heterocycles. The van der Waals surface area contributed by atoms with Gasteiger partial charge < -0.3 is 10.3 Å². The number of halogens is 1. The Morgan fingerprint density at radius 1 is 1.32 bits per heavy atom. The van der Waals surface area contributed by atoms with Crippen molar-refractivity contribution in [3.05, 3.63) is 42.5 Å². The summed E-state index contributed by atoms with van der Waals surface area (Å²) in [5, 5.41) is 0.399. The third-order valence-corrected chi connectivity index (χ3v) is 3.71. The first kappa shape index (κ1) is 11.9. The molecule has 0 unspecified atom stereocenters. The molecule has 4 nitrogen and oxygen atoms in total. The summed E-state index contributed by atoms with van der Waals surface area (Å²) in [5.41, 5.74) is 6.88. The molecule has 96 valence electrons. The van der Waals surface area contributed by atoms with Crippen LogP contribution in [0.5, 0.6) is 0 Å². The first-order valence-corrected chi connectivity index (χ1v) is 6.47. The summed E-state index contributed by atoms with van der Waals surface area (Å²) in [7, 11) is 1.86. The molecule has 2 aromatic heterocycles. The van der Waals surface area contributed by atoms with Gasteiger partial charge in [0.15, 0.2) is 11.0 Å². The second kappa shape index (κ2) is 4.47. The maximum atomic E-state index is 13.9. The fraction of sp³-hybridized carbons (Fsp3) is 0.0769. The lowest BCUT2D eigenvalue weighted by Gasteiger charge is -2.03. The highest BCUT2D eigenvalue weighted by Crippen LogP contribution is 2.38. The number of nitrogen functional groups attached to an aromatic ring is 1. The lowest BCUT2D eigenvalue weighted by molar-refractivity contribution is 0.631. The zero-order valence-corrected chi connectivity index (χ0v) is 11.0. The first-order valence-electron chi connectivity index (χ1n) is 5.65. The van der Waals surface area contributed by atoms with Gasteiger partial charge in [0.2, 0.25) is 0 Å². The molecular weight excluding hydrogens is 263 g/mol. The van der Waals surface area contributed by atoms with Gasteiger partial charge in [-0.15, -0.1) is 0 Å².